The summed E-state index contributed by atoms with van der Waals surface area (Å²) in [4.78, 5) is 15.5. The maximum Gasteiger partial charge on any atom is 0.411 e. The number of guanidine groups is 1. The Labute approximate surface area is 283 Å². The quantitative estimate of drug-likeness (QED) is 0.106. The lowest BCUT2D eigenvalue weighted by Crippen LogP contribution is -2.56. The summed E-state index contributed by atoms with van der Waals surface area (Å²) < 4.78 is 82.8. The minimum Gasteiger partial charge on any atom is -0.371 e. The van der Waals surface area contributed by atoms with Gasteiger partial charge in [-0.25, -0.2) is 18.2 Å². The van der Waals surface area contributed by atoms with Gasteiger partial charge in [-0.3, -0.25) is 4.99 Å². The van der Waals surface area contributed by atoms with Gasteiger partial charge in [0.25, 0.3) is 0 Å². The molecule has 0 saturated heterocycles. The molecule has 1 aliphatic heterocycles. The number of ether oxygens (including phenoxy) is 1. The van der Waals surface area contributed by atoms with E-state index >= 15 is 0 Å². The van der Waals surface area contributed by atoms with Crippen LogP contribution in [-0.2, 0) is 4.74 Å². The van der Waals surface area contributed by atoms with Gasteiger partial charge in [-0.2, -0.15) is 13.2 Å². The van der Waals surface area contributed by atoms with E-state index in [1.807, 2.05) is 53.4 Å². The van der Waals surface area contributed by atoms with Crippen molar-refractivity contribution in [3.8, 4) is 0 Å². The summed E-state index contributed by atoms with van der Waals surface area (Å²) in [5.74, 6) is -1.61. The smallest absolute Gasteiger partial charge is 0.371 e. The van der Waals surface area contributed by atoms with Gasteiger partial charge in [-0.15, -0.1) is 6.58 Å². The number of hydrogen-bond acceptors (Lipinski definition) is 5. The fourth-order valence-electron chi connectivity index (χ4n) is 4.29. The number of alkyl halides is 3. The van der Waals surface area contributed by atoms with Crippen LogP contribution in [-0.4, -0.2) is 95.1 Å². The molecule has 0 spiro atoms. The molecule has 48 heavy (non-hydrogen) atoms. The third-order valence-corrected chi connectivity index (χ3v) is 7.28. The third-order valence-electron chi connectivity index (χ3n) is 7.28. The third kappa shape index (κ3) is 14.8. The summed E-state index contributed by atoms with van der Waals surface area (Å²) in [5, 5.41) is 11.8. The molecular formula is C35H55F6N5O2. The molecule has 1 heterocycles. The van der Waals surface area contributed by atoms with Crippen LogP contribution in [0, 0.1) is 11.8 Å². The highest BCUT2D eigenvalue weighted by Crippen LogP contribution is 2.27. The number of aliphatic hydroxyl groups excluding tert-OH is 1. The molecule has 7 nitrogen and oxygen atoms in total. The first-order chi connectivity index (χ1) is 22.4. The number of hydrogen-bond donors (Lipinski definition) is 1. The molecule has 0 aromatic heterocycles. The van der Waals surface area contributed by atoms with Crippen molar-refractivity contribution in [2.75, 3.05) is 39.5 Å². The van der Waals surface area contributed by atoms with Crippen LogP contribution in [0.1, 0.15) is 62.3 Å². The van der Waals surface area contributed by atoms with Gasteiger partial charge in [0.05, 0.1) is 19.3 Å². The molecule has 3 atom stereocenters. The van der Waals surface area contributed by atoms with Crippen LogP contribution in [0.15, 0.2) is 83.2 Å². The Bertz CT molecular complexity index is 1190. The summed E-state index contributed by atoms with van der Waals surface area (Å²) in [6, 6.07) is -0.112. The normalized spacial score (nSPS) is 20.6. The molecule has 13 heteroatoms. The number of amidine groups is 1. The molecule has 0 aliphatic carbocycles. The van der Waals surface area contributed by atoms with E-state index in [1.54, 1.807) is 29.7 Å². The van der Waals surface area contributed by atoms with Gasteiger partial charge in [0.2, 0.25) is 0 Å². The standard InChI is InChI=1S/C33H49F6N5O2.C2H6/c1-10-25(14-16-27(35)18-34)19-43-22-42(12-3)31(40-24(7)23(5)6)44(13-4)30(45)32(8,9)41-29(43)26(11-2)15-17-28(36)20-46-21-33(37,38)39;1-2/h10-11,14-18,23-25,30,45H,1-2,12-13,19-22H2,3-9H3;1-2H3/b16-14?,26-15+,27-18-,28-17+,40-31?,41-29?;. The van der Waals surface area contributed by atoms with E-state index in [-0.39, 0.29) is 42.9 Å². The first kappa shape index (κ1) is 44.7. The lowest BCUT2D eigenvalue weighted by Gasteiger charge is -2.40. The first-order valence-electron chi connectivity index (χ1n) is 16.2. The molecule has 3 unspecified atom stereocenters. The Kier molecular flexibility index (Phi) is 20.1. The fourth-order valence-corrected chi connectivity index (χ4v) is 4.29. The predicted molar refractivity (Wildman–Crippen MR) is 184 cm³/mol. The Morgan fingerprint density at radius 2 is 1.73 bits per heavy atom. The Hall–Kier alpha value is -3.32. The average molecular weight is 692 g/mol. The summed E-state index contributed by atoms with van der Waals surface area (Å²) in [6.45, 7) is 23.6. The molecule has 0 saturated carbocycles. The van der Waals surface area contributed by atoms with Crippen molar-refractivity contribution in [3.63, 3.8) is 0 Å². The van der Waals surface area contributed by atoms with Crippen LogP contribution in [0.2, 0.25) is 0 Å². The van der Waals surface area contributed by atoms with Gasteiger partial charge in [0.15, 0.2) is 18.0 Å². The van der Waals surface area contributed by atoms with Crippen molar-refractivity contribution < 1.29 is 36.2 Å². The molecule has 1 aliphatic rings. The summed E-state index contributed by atoms with van der Waals surface area (Å²) in [6.07, 6.45) is 1.68. The molecule has 274 valence electrons. The van der Waals surface area contributed by atoms with E-state index in [0.717, 1.165) is 12.2 Å². The Balaban J connectivity index is 0.0000108. The fraction of sp³-hybridized carbons (Fsp3) is 0.600. The second-order valence-electron chi connectivity index (χ2n) is 11.7. The van der Waals surface area contributed by atoms with Crippen LogP contribution in [0.3, 0.4) is 0 Å². The van der Waals surface area contributed by atoms with Crippen LogP contribution >= 0.6 is 0 Å². The van der Waals surface area contributed by atoms with Gasteiger partial charge >= 0.3 is 6.18 Å². The number of likely N-dealkylation sites (N-methyl/N-ethyl adjacent to an activating group) is 1. The number of allylic oxidation sites excluding steroid dienone is 4. The second-order valence-corrected chi connectivity index (χ2v) is 11.7. The summed E-state index contributed by atoms with van der Waals surface area (Å²) in [5.41, 5.74) is -0.916. The van der Waals surface area contributed by atoms with E-state index in [9.17, 15) is 31.4 Å². The van der Waals surface area contributed by atoms with Gasteiger partial charge < -0.3 is 24.5 Å². The van der Waals surface area contributed by atoms with E-state index in [0.29, 0.717) is 19.0 Å². The highest BCUT2D eigenvalue weighted by Gasteiger charge is 2.39. The maximum absolute atomic E-state index is 14.6. The largest absolute Gasteiger partial charge is 0.411 e. The number of halogens is 6. The maximum atomic E-state index is 14.6. The molecular weight excluding hydrogens is 636 g/mol. The zero-order chi connectivity index (χ0) is 37.2. The molecule has 0 fully saturated rings. The minimum absolute atomic E-state index is 0.112. The van der Waals surface area contributed by atoms with Crippen molar-refractivity contribution >= 4 is 11.8 Å². The zero-order valence-electron chi connectivity index (χ0n) is 29.9. The van der Waals surface area contributed by atoms with Crippen molar-refractivity contribution in [1.29, 1.82) is 0 Å². The highest BCUT2D eigenvalue weighted by atomic mass is 19.4. The number of rotatable bonds is 15. The first-order valence-corrected chi connectivity index (χ1v) is 16.2. The molecule has 1 rings (SSSR count). The van der Waals surface area contributed by atoms with E-state index in [4.69, 9.17) is 9.98 Å². The summed E-state index contributed by atoms with van der Waals surface area (Å²) >= 11 is 0. The van der Waals surface area contributed by atoms with Crippen molar-refractivity contribution in [2.45, 2.75) is 86.3 Å². The molecule has 0 amide bonds. The number of aliphatic imine (C=N–C) groups is 2. The SMILES string of the molecule is C=C/C(=C\C=C(\F)COCC(F)(F)F)C1=NC(C)(C)C(O)N(CC)C(=NC(C)C(C)C)N(CC)CN1CC(C=C)C=C/C(F)=C/F.CC. The Morgan fingerprint density at radius 1 is 1.10 bits per heavy atom. The molecule has 0 radical (unpaired) electrons. The van der Waals surface area contributed by atoms with E-state index in [2.05, 4.69) is 17.9 Å². The summed E-state index contributed by atoms with van der Waals surface area (Å²) in [7, 11) is 0. The van der Waals surface area contributed by atoms with Crippen molar-refractivity contribution in [1.82, 2.24) is 14.7 Å². The van der Waals surface area contributed by atoms with Gasteiger partial charge in [-0.05, 0) is 58.8 Å². The topological polar surface area (TPSA) is 63.9 Å². The minimum atomic E-state index is -4.60. The van der Waals surface area contributed by atoms with Crippen molar-refractivity contribution in [2.24, 2.45) is 21.8 Å². The second kappa shape index (κ2) is 21.6. The molecule has 0 aromatic rings. The lowest BCUT2D eigenvalue weighted by molar-refractivity contribution is -0.172. The predicted octanol–water partition coefficient (Wildman–Crippen LogP) is 8.51. The monoisotopic (exact) mass is 691 g/mol. The number of aliphatic hydroxyl groups is 1. The van der Waals surface area contributed by atoms with Crippen LogP contribution in [0.5, 0.6) is 0 Å². The molecule has 1 N–H and O–H groups in total. The van der Waals surface area contributed by atoms with Gasteiger partial charge in [0, 0.05) is 31.1 Å². The molecule has 0 bridgehead atoms. The van der Waals surface area contributed by atoms with Gasteiger partial charge in [0.1, 0.15) is 30.1 Å². The average Bonchev–Trinajstić information content (AvgIpc) is 3.06. The van der Waals surface area contributed by atoms with Crippen LogP contribution in [0.4, 0.5) is 26.3 Å². The Morgan fingerprint density at radius 3 is 2.21 bits per heavy atom. The van der Waals surface area contributed by atoms with Crippen molar-refractivity contribution in [3.05, 3.63) is 73.2 Å². The highest BCUT2D eigenvalue weighted by molar-refractivity contribution is 6.01. The number of nitrogens with zero attached hydrogens (tertiary/aromatic N) is 5. The molecule has 0 aromatic carbocycles. The van der Waals surface area contributed by atoms with E-state index < -0.39 is 48.7 Å². The van der Waals surface area contributed by atoms with E-state index in [1.165, 1.54) is 18.2 Å². The van der Waals surface area contributed by atoms with Gasteiger partial charge in [-0.1, -0.05) is 52.5 Å². The van der Waals surface area contributed by atoms with Crippen LogP contribution in [0.25, 0.3) is 0 Å². The van der Waals surface area contributed by atoms with Crippen LogP contribution < -0.4 is 0 Å². The lowest BCUT2D eigenvalue weighted by atomic mass is 10.0. The zero-order valence-corrected chi connectivity index (χ0v) is 29.9.